The number of pyridine rings is 1. The van der Waals surface area contributed by atoms with Crippen LogP contribution in [0.25, 0.3) is 10.7 Å². The van der Waals surface area contributed by atoms with Gasteiger partial charge in [0, 0.05) is 35.6 Å². The minimum atomic E-state index is -0.732. The van der Waals surface area contributed by atoms with Crippen LogP contribution >= 0.6 is 24.8 Å². The van der Waals surface area contributed by atoms with E-state index in [1.54, 1.807) is 4.57 Å². The minimum absolute atomic E-state index is 0. The molecule has 1 atom stereocenters. The lowest BCUT2D eigenvalue weighted by atomic mass is 10.1. The number of halogens is 2. The number of aromatic nitrogens is 4. The zero-order valence-electron chi connectivity index (χ0n) is 15.6. The second-order valence-electron chi connectivity index (χ2n) is 7.34. The zero-order chi connectivity index (χ0) is 20.3. The molecule has 3 aromatic heterocycles. The van der Waals surface area contributed by atoms with E-state index in [2.05, 4.69) is 19.9 Å². The van der Waals surface area contributed by atoms with E-state index in [0.29, 0.717) is 31.2 Å². The van der Waals surface area contributed by atoms with Crippen molar-refractivity contribution in [3.63, 3.8) is 0 Å². The Morgan fingerprint density at radius 1 is 1.37 bits per heavy atom. The molecule has 9 nitrogen and oxygen atoms in total. The fourth-order valence-electron chi connectivity index (χ4n) is 3.72. The average molecular weight is 454 g/mol. The molecule has 0 spiro atoms. The summed E-state index contributed by atoms with van der Waals surface area (Å²) in [6.45, 7) is 4.15. The predicted molar refractivity (Wildman–Crippen MR) is 108 cm³/mol. The van der Waals surface area contributed by atoms with Crippen LogP contribution < -0.4 is 4.74 Å². The van der Waals surface area contributed by atoms with Crippen molar-refractivity contribution >= 4 is 30.7 Å². The lowest BCUT2D eigenvalue weighted by molar-refractivity contribution is -0.389. The number of ether oxygens (including phenoxy) is 1. The second kappa shape index (κ2) is 7.25. The highest BCUT2D eigenvalue weighted by Crippen LogP contribution is 2.37. The van der Waals surface area contributed by atoms with Gasteiger partial charge in [-0.05, 0) is 11.8 Å². The number of imidazole rings is 1. The van der Waals surface area contributed by atoms with Gasteiger partial charge in [-0.15, -0.1) is 11.3 Å². The van der Waals surface area contributed by atoms with Crippen LogP contribution in [0.5, 0.6) is 6.01 Å². The maximum atomic E-state index is 14.0. The van der Waals surface area contributed by atoms with Crippen LogP contribution in [-0.4, -0.2) is 41.5 Å². The molecule has 0 bridgehead atoms. The van der Waals surface area contributed by atoms with Crippen LogP contribution in [0.2, 0.25) is 0 Å². The summed E-state index contributed by atoms with van der Waals surface area (Å²) in [7, 11) is 0. The van der Waals surface area contributed by atoms with Crippen molar-refractivity contribution in [1.82, 2.24) is 24.4 Å². The van der Waals surface area contributed by atoms with Gasteiger partial charge in [0.25, 0.3) is 0 Å². The molecule has 0 saturated heterocycles. The molecule has 2 aliphatic rings. The number of rotatable bonds is 4. The number of thiazole rings is 1. The van der Waals surface area contributed by atoms with Crippen LogP contribution in [0.15, 0.2) is 18.5 Å². The molecule has 2 aliphatic heterocycles. The van der Waals surface area contributed by atoms with Gasteiger partial charge in [-0.2, -0.15) is 13.5 Å². The van der Waals surface area contributed by atoms with Gasteiger partial charge in [0.2, 0.25) is 0 Å². The SMILES string of the molecule is C[C@]1(CN2Cc3nc(-c4ncc(F)cc4F)sc3C2)Cn2cc([N+](=O)[O-])nc2O1.S. The summed E-state index contributed by atoms with van der Waals surface area (Å²) in [5.41, 5.74) is 0.319. The Hall–Kier alpha value is -2.64. The fraction of sp³-hybridized carbons (Fsp3) is 0.353. The first-order valence-electron chi connectivity index (χ1n) is 8.73. The van der Waals surface area contributed by atoms with Gasteiger partial charge in [0.1, 0.15) is 28.3 Å². The number of hydrogen-bond acceptors (Lipinski definition) is 8. The van der Waals surface area contributed by atoms with Gasteiger partial charge in [0.05, 0.1) is 18.4 Å². The predicted octanol–water partition coefficient (Wildman–Crippen LogP) is 2.87. The van der Waals surface area contributed by atoms with Gasteiger partial charge in [-0.3, -0.25) is 9.47 Å². The Labute approximate surface area is 179 Å². The van der Waals surface area contributed by atoms with E-state index >= 15 is 0 Å². The molecular formula is C17H16F2N6O3S2. The van der Waals surface area contributed by atoms with Crippen molar-refractivity contribution in [1.29, 1.82) is 0 Å². The average Bonchev–Trinajstić information content (AvgIpc) is 3.33. The Kier molecular flexibility index (Phi) is 4.98. The van der Waals surface area contributed by atoms with Gasteiger partial charge < -0.3 is 14.9 Å². The topological polar surface area (TPSA) is 99.2 Å². The van der Waals surface area contributed by atoms with Crippen molar-refractivity contribution in [2.24, 2.45) is 0 Å². The molecule has 0 aromatic carbocycles. The lowest BCUT2D eigenvalue weighted by Gasteiger charge is -2.27. The standard InChI is InChI=1S/C17H14F2N6O3S.H2S/c1-17(8-24-6-13(25(26)27)22-16(24)28-17)7-23-4-11-12(5-23)29-15(21-11)14-10(19)2-9(18)3-20-14;/h2-3,6H,4-5,7-8H2,1H3;1H2/t17-;/m0./s1. The van der Waals surface area contributed by atoms with Crippen LogP contribution in [0.3, 0.4) is 0 Å². The van der Waals surface area contributed by atoms with Gasteiger partial charge >= 0.3 is 11.8 Å². The quantitative estimate of drug-likeness (QED) is 0.441. The van der Waals surface area contributed by atoms with E-state index in [9.17, 15) is 18.9 Å². The number of nitro groups is 1. The molecule has 3 aromatic rings. The lowest BCUT2D eigenvalue weighted by Crippen LogP contribution is -2.43. The number of fused-ring (bicyclic) bond motifs is 2. The molecule has 158 valence electrons. The third-order valence-corrected chi connectivity index (χ3v) is 5.93. The van der Waals surface area contributed by atoms with Crippen molar-refractivity contribution < 1.29 is 18.4 Å². The largest absolute Gasteiger partial charge is 0.436 e. The molecule has 0 fully saturated rings. The number of hydrogen-bond donors (Lipinski definition) is 0. The molecule has 30 heavy (non-hydrogen) atoms. The Bertz CT molecular complexity index is 1100. The van der Waals surface area contributed by atoms with E-state index in [0.717, 1.165) is 22.8 Å². The van der Waals surface area contributed by atoms with Crippen LogP contribution in [0.4, 0.5) is 14.6 Å². The van der Waals surface area contributed by atoms with Crippen molar-refractivity contribution in [3.05, 3.63) is 50.8 Å². The highest BCUT2D eigenvalue weighted by molar-refractivity contribution is 7.59. The molecule has 0 radical (unpaired) electrons. The third kappa shape index (κ3) is 3.52. The minimum Gasteiger partial charge on any atom is -0.436 e. The summed E-state index contributed by atoms with van der Waals surface area (Å²) in [6.07, 6.45) is 2.35. The molecule has 0 N–H and O–H groups in total. The maximum Gasteiger partial charge on any atom is 0.415 e. The fourth-order valence-corrected chi connectivity index (χ4v) is 4.83. The third-order valence-electron chi connectivity index (χ3n) is 4.84. The van der Waals surface area contributed by atoms with E-state index in [1.807, 2.05) is 6.92 Å². The molecule has 5 rings (SSSR count). The second-order valence-corrected chi connectivity index (χ2v) is 8.42. The summed E-state index contributed by atoms with van der Waals surface area (Å²) >= 11 is 1.34. The first-order valence-corrected chi connectivity index (χ1v) is 9.54. The smallest absolute Gasteiger partial charge is 0.415 e. The molecule has 5 heterocycles. The first kappa shape index (κ1) is 20.6. The highest BCUT2D eigenvalue weighted by Gasteiger charge is 2.42. The summed E-state index contributed by atoms with van der Waals surface area (Å²) in [4.78, 5) is 25.6. The van der Waals surface area contributed by atoms with Crippen molar-refractivity contribution in [2.45, 2.75) is 32.2 Å². The molecule has 13 heteroatoms. The monoisotopic (exact) mass is 454 g/mol. The van der Waals surface area contributed by atoms with E-state index < -0.39 is 22.2 Å². The van der Waals surface area contributed by atoms with E-state index in [1.165, 1.54) is 17.5 Å². The molecule has 0 saturated carbocycles. The van der Waals surface area contributed by atoms with E-state index in [4.69, 9.17) is 4.74 Å². The summed E-state index contributed by atoms with van der Waals surface area (Å²) in [6, 6.07) is 1.04. The van der Waals surface area contributed by atoms with Crippen LogP contribution in [-0.2, 0) is 19.6 Å². The Morgan fingerprint density at radius 3 is 2.83 bits per heavy atom. The number of nitrogens with zero attached hydrogens (tertiary/aromatic N) is 6. The molecule has 0 aliphatic carbocycles. The Morgan fingerprint density at radius 2 is 2.17 bits per heavy atom. The first-order chi connectivity index (χ1) is 13.8. The van der Waals surface area contributed by atoms with Gasteiger partial charge in [0.15, 0.2) is 5.82 Å². The van der Waals surface area contributed by atoms with Gasteiger partial charge in [-0.25, -0.2) is 18.7 Å². The van der Waals surface area contributed by atoms with Crippen LogP contribution in [0, 0.1) is 21.7 Å². The maximum absolute atomic E-state index is 14.0. The van der Waals surface area contributed by atoms with E-state index in [-0.39, 0.29) is 31.0 Å². The Balaban J connectivity index is 0.00000218. The van der Waals surface area contributed by atoms with Crippen molar-refractivity contribution in [2.75, 3.05) is 6.54 Å². The highest BCUT2D eigenvalue weighted by atomic mass is 32.1. The summed E-state index contributed by atoms with van der Waals surface area (Å²) in [5.74, 6) is -1.69. The molecular weight excluding hydrogens is 438 g/mol. The zero-order valence-corrected chi connectivity index (χ0v) is 17.4. The summed E-state index contributed by atoms with van der Waals surface area (Å²) in [5, 5.41) is 11.3. The van der Waals surface area contributed by atoms with Crippen molar-refractivity contribution in [3.8, 4) is 16.7 Å². The normalized spacial score (nSPS) is 19.8. The van der Waals surface area contributed by atoms with Gasteiger partial charge in [-0.1, -0.05) is 0 Å². The van der Waals surface area contributed by atoms with Crippen LogP contribution in [0.1, 0.15) is 17.5 Å². The molecule has 0 unspecified atom stereocenters. The summed E-state index contributed by atoms with van der Waals surface area (Å²) < 4.78 is 34.5. The molecule has 0 amide bonds.